The van der Waals surface area contributed by atoms with Gasteiger partial charge in [0.25, 0.3) is 0 Å². The van der Waals surface area contributed by atoms with Crippen molar-refractivity contribution in [1.82, 2.24) is 19.5 Å². The minimum atomic E-state index is -4.00. The van der Waals surface area contributed by atoms with Gasteiger partial charge in [0.2, 0.25) is 11.8 Å². The molecule has 3 fully saturated rings. The molecule has 214 valence electrons. The van der Waals surface area contributed by atoms with Crippen molar-refractivity contribution in [2.45, 2.75) is 63.4 Å². The second kappa shape index (κ2) is 10.1. The number of carbonyl (C=O) groups excluding carboxylic acids is 1. The van der Waals surface area contributed by atoms with Crippen LogP contribution >= 0.6 is 19.4 Å². The van der Waals surface area contributed by atoms with Crippen LogP contribution in [0.5, 0.6) is 5.88 Å². The molecule has 0 saturated carbocycles. The van der Waals surface area contributed by atoms with E-state index in [-0.39, 0.29) is 31.1 Å². The monoisotopic (exact) mass is 595 g/mol. The predicted molar refractivity (Wildman–Crippen MR) is 139 cm³/mol. The molecule has 2 aromatic heterocycles. The van der Waals surface area contributed by atoms with Crippen molar-refractivity contribution in [3.63, 3.8) is 0 Å². The number of hydrogen-bond donors (Lipinski definition) is 1. The summed E-state index contributed by atoms with van der Waals surface area (Å²) in [5.74, 6) is 0.164. The summed E-state index contributed by atoms with van der Waals surface area (Å²) in [6.07, 6.45) is -2.49. The Bertz CT molecular complexity index is 1500. The van der Waals surface area contributed by atoms with Gasteiger partial charge in [0.05, 0.1) is 31.7 Å². The molecule has 3 aromatic rings. The molecule has 6 atom stereocenters. The van der Waals surface area contributed by atoms with Crippen molar-refractivity contribution in [3.8, 4) is 5.88 Å². The second-order valence-electron chi connectivity index (χ2n) is 9.99. The number of halogens is 1. The van der Waals surface area contributed by atoms with E-state index >= 15 is 0 Å². The number of benzene rings is 1. The fourth-order valence-electron chi connectivity index (χ4n) is 5.02. The molecule has 0 amide bonds. The van der Waals surface area contributed by atoms with Gasteiger partial charge in [-0.15, -0.1) is 0 Å². The standard InChI is InChI=1S/C24H27ClN5O9P/c1-12(2)35-20-17-19(28-22(26)29-20)30(11-27-17)21-24(3)18(37-23(31)38-24)16(36-21)10-34-40(32)33-8-7-15(39-40)13-5-4-6-14(25)9-13/h4-6,9,11-12,15-16,18,21H,7-8,10H2,1-3H3,(H2,26,28,29)/t15-,16+,18+,21+,24+,40+/m0/s1. The van der Waals surface area contributed by atoms with Gasteiger partial charge < -0.3 is 24.7 Å². The van der Waals surface area contributed by atoms with Crippen LogP contribution in [-0.4, -0.2) is 62.8 Å². The van der Waals surface area contributed by atoms with Crippen molar-refractivity contribution in [3.05, 3.63) is 41.2 Å². The number of nitrogen functional groups attached to an aromatic ring is 1. The van der Waals surface area contributed by atoms with Crippen LogP contribution in [0.25, 0.3) is 11.2 Å². The number of hydrogen-bond acceptors (Lipinski definition) is 13. The van der Waals surface area contributed by atoms with Gasteiger partial charge in [-0.2, -0.15) is 9.97 Å². The van der Waals surface area contributed by atoms with E-state index in [9.17, 15) is 9.36 Å². The number of rotatable bonds is 7. The molecule has 3 aliphatic heterocycles. The first-order chi connectivity index (χ1) is 19.0. The van der Waals surface area contributed by atoms with Crippen LogP contribution in [0.1, 0.15) is 45.1 Å². The molecule has 0 aliphatic carbocycles. The van der Waals surface area contributed by atoms with Gasteiger partial charge in [-0.1, -0.05) is 23.7 Å². The fraction of sp³-hybridized carbons (Fsp3) is 0.500. The Morgan fingerprint density at radius 3 is 2.92 bits per heavy atom. The SMILES string of the molecule is CC(C)Oc1nc(N)nc2c1ncn2[C@@H]1O[C@H](CO[P@@]2(=O)OCC[C@@H](c3cccc(Cl)c3)O2)[C@H]2OC(=O)O[C@]21C. The smallest absolute Gasteiger partial charge is 0.473 e. The van der Waals surface area contributed by atoms with Crippen LogP contribution in [0.2, 0.25) is 5.02 Å². The van der Waals surface area contributed by atoms with Crippen LogP contribution < -0.4 is 10.5 Å². The molecule has 1 aromatic carbocycles. The molecule has 6 rings (SSSR count). The Morgan fingerprint density at radius 2 is 2.15 bits per heavy atom. The van der Waals surface area contributed by atoms with E-state index in [0.717, 1.165) is 5.56 Å². The van der Waals surface area contributed by atoms with Crippen molar-refractivity contribution in [1.29, 1.82) is 0 Å². The van der Waals surface area contributed by atoms with Crippen LogP contribution in [0.4, 0.5) is 10.7 Å². The predicted octanol–water partition coefficient (Wildman–Crippen LogP) is 4.34. The Balaban J connectivity index is 1.24. The zero-order valence-corrected chi connectivity index (χ0v) is 23.4. The van der Waals surface area contributed by atoms with Gasteiger partial charge in [0.15, 0.2) is 29.1 Å². The van der Waals surface area contributed by atoms with E-state index in [1.54, 1.807) is 29.7 Å². The van der Waals surface area contributed by atoms with Gasteiger partial charge in [-0.05, 0) is 38.5 Å². The summed E-state index contributed by atoms with van der Waals surface area (Å²) < 4.78 is 54.8. The Morgan fingerprint density at radius 1 is 1.32 bits per heavy atom. The molecule has 0 bridgehead atoms. The van der Waals surface area contributed by atoms with Crippen LogP contribution in [-0.2, 0) is 32.3 Å². The number of anilines is 1. The highest BCUT2D eigenvalue weighted by molar-refractivity contribution is 7.48. The molecule has 0 unspecified atom stereocenters. The maximum atomic E-state index is 13.4. The molecule has 5 heterocycles. The minimum Gasteiger partial charge on any atom is -0.473 e. The first-order valence-electron chi connectivity index (χ1n) is 12.6. The Labute approximate surface area is 233 Å². The third-order valence-electron chi connectivity index (χ3n) is 6.73. The molecule has 3 aliphatic rings. The number of phosphoric ester groups is 1. The van der Waals surface area contributed by atoms with Gasteiger partial charge in [-0.25, -0.2) is 14.3 Å². The van der Waals surface area contributed by atoms with Crippen molar-refractivity contribution < 1.29 is 41.9 Å². The number of ether oxygens (including phenoxy) is 4. The van der Waals surface area contributed by atoms with E-state index in [2.05, 4.69) is 15.0 Å². The molecule has 0 radical (unpaired) electrons. The summed E-state index contributed by atoms with van der Waals surface area (Å²) in [4.78, 5) is 25.1. The van der Waals surface area contributed by atoms with E-state index in [0.29, 0.717) is 22.6 Å². The van der Waals surface area contributed by atoms with Crippen molar-refractivity contribution >= 4 is 42.7 Å². The summed E-state index contributed by atoms with van der Waals surface area (Å²) >= 11 is 6.11. The molecule has 2 N–H and O–H groups in total. The lowest BCUT2D eigenvalue weighted by molar-refractivity contribution is -0.0925. The highest BCUT2D eigenvalue weighted by Crippen LogP contribution is 2.58. The lowest BCUT2D eigenvalue weighted by Crippen LogP contribution is -2.42. The highest BCUT2D eigenvalue weighted by atomic mass is 35.5. The summed E-state index contributed by atoms with van der Waals surface area (Å²) in [6, 6.07) is 7.07. The number of phosphoric acid groups is 1. The fourth-order valence-corrected chi connectivity index (χ4v) is 6.61. The largest absolute Gasteiger partial charge is 0.509 e. The Hall–Kier alpha value is -3.00. The number of fused-ring (bicyclic) bond motifs is 2. The number of aromatic nitrogens is 4. The number of nitrogens with zero attached hydrogens (tertiary/aromatic N) is 4. The third kappa shape index (κ3) is 4.89. The summed E-state index contributed by atoms with van der Waals surface area (Å²) in [6.45, 7) is 5.19. The van der Waals surface area contributed by atoms with Gasteiger partial charge in [0, 0.05) is 11.4 Å². The minimum absolute atomic E-state index is 0.0388. The summed E-state index contributed by atoms with van der Waals surface area (Å²) in [5.41, 5.74) is 6.02. The maximum Gasteiger partial charge on any atom is 0.509 e. The average molecular weight is 596 g/mol. The number of nitrogens with two attached hydrogens (primary N) is 1. The zero-order chi connectivity index (χ0) is 28.2. The first kappa shape index (κ1) is 27.2. The van der Waals surface area contributed by atoms with E-state index < -0.39 is 44.1 Å². The molecular weight excluding hydrogens is 569 g/mol. The van der Waals surface area contributed by atoms with Crippen LogP contribution in [0.3, 0.4) is 0 Å². The zero-order valence-electron chi connectivity index (χ0n) is 21.8. The van der Waals surface area contributed by atoms with E-state index in [1.165, 1.54) is 6.33 Å². The summed E-state index contributed by atoms with van der Waals surface area (Å²) in [5, 5.41) is 0.526. The van der Waals surface area contributed by atoms with Crippen molar-refractivity contribution in [2.24, 2.45) is 0 Å². The number of imidazole rings is 1. The van der Waals surface area contributed by atoms with Gasteiger partial charge >= 0.3 is 14.0 Å². The molecular formula is C24H27ClN5O9P. The topological polar surface area (TPSA) is 168 Å². The van der Waals surface area contributed by atoms with Gasteiger partial charge in [-0.3, -0.25) is 18.1 Å². The molecule has 3 saturated heterocycles. The Kier molecular flexibility index (Phi) is 6.88. The van der Waals surface area contributed by atoms with E-state index in [4.69, 9.17) is 49.9 Å². The first-order valence-corrected chi connectivity index (χ1v) is 14.4. The third-order valence-corrected chi connectivity index (χ3v) is 8.44. The van der Waals surface area contributed by atoms with Gasteiger partial charge in [0.1, 0.15) is 6.10 Å². The normalized spacial score (nSPS) is 31.8. The highest BCUT2D eigenvalue weighted by Gasteiger charge is 2.64. The lowest BCUT2D eigenvalue weighted by Gasteiger charge is -2.30. The maximum absolute atomic E-state index is 13.4. The molecule has 40 heavy (non-hydrogen) atoms. The second-order valence-corrected chi connectivity index (χ2v) is 12.1. The molecule has 14 nitrogen and oxygen atoms in total. The molecule has 0 spiro atoms. The average Bonchev–Trinajstić information content (AvgIpc) is 3.51. The lowest BCUT2D eigenvalue weighted by atomic mass is 9.96. The molecule has 16 heteroatoms. The quantitative estimate of drug-likeness (QED) is 0.302. The van der Waals surface area contributed by atoms with Crippen molar-refractivity contribution in [2.75, 3.05) is 18.9 Å². The summed E-state index contributed by atoms with van der Waals surface area (Å²) in [7, 11) is -4.00. The van der Waals surface area contributed by atoms with E-state index in [1.807, 2.05) is 19.9 Å². The number of carbonyl (C=O) groups is 1. The van der Waals surface area contributed by atoms with Crippen LogP contribution in [0.15, 0.2) is 30.6 Å². The van der Waals surface area contributed by atoms with Crippen LogP contribution in [0, 0.1) is 0 Å².